The molecule has 5 nitrogen and oxygen atoms in total. The molecule has 0 atom stereocenters. The topological polar surface area (TPSA) is 60.1 Å². The molecule has 1 aromatic carbocycles. The van der Waals surface area contributed by atoms with Crippen LogP contribution in [0.1, 0.15) is 21.3 Å². The summed E-state index contributed by atoms with van der Waals surface area (Å²) in [5.74, 6) is 1.21. The zero-order valence-corrected chi connectivity index (χ0v) is 15.0. The first kappa shape index (κ1) is 16.4. The molecule has 26 heavy (non-hydrogen) atoms. The van der Waals surface area contributed by atoms with Crippen molar-refractivity contribution < 1.29 is 9.21 Å². The molecule has 0 aliphatic carbocycles. The van der Waals surface area contributed by atoms with Crippen molar-refractivity contribution in [2.75, 3.05) is 5.32 Å². The Bertz CT molecular complexity index is 1010. The van der Waals surface area contributed by atoms with Crippen LogP contribution in [0.5, 0.6) is 0 Å². The van der Waals surface area contributed by atoms with Gasteiger partial charge in [-0.3, -0.25) is 4.79 Å². The first-order valence-electron chi connectivity index (χ1n) is 8.21. The second kappa shape index (κ2) is 7.01. The summed E-state index contributed by atoms with van der Waals surface area (Å²) in [7, 11) is 0. The number of amides is 1. The van der Waals surface area contributed by atoms with Crippen molar-refractivity contribution in [2.45, 2.75) is 13.5 Å². The highest BCUT2D eigenvalue weighted by atomic mass is 32.1. The molecule has 0 aliphatic heterocycles. The molecule has 0 spiro atoms. The Morgan fingerprint density at radius 1 is 1.19 bits per heavy atom. The Labute approximate surface area is 154 Å². The molecule has 6 heteroatoms. The number of benzene rings is 1. The van der Waals surface area contributed by atoms with Crippen molar-refractivity contribution in [3.05, 3.63) is 82.8 Å². The molecule has 1 N–H and O–H groups in total. The zero-order chi connectivity index (χ0) is 17.9. The summed E-state index contributed by atoms with van der Waals surface area (Å²) in [6, 6.07) is 15.3. The first-order chi connectivity index (χ1) is 12.7. The summed E-state index contributed by atoms with van der Waals surface area (Å²) in [5.41, 5.74) is 2.29. The van der Waals surface area contributed by atoms with Gasteiger partial charge in [-0.1, -0.05) is 6.07 Å². The van der Waals surface area contributed by atoms with Gasteiger partial charge in [0.1, 0.15) is 5.69 Å². The Hall–Kier alpha value is -3.12. The average molecular weight is 363 g/mol. The van der Waals surface area contributed by atoms with Gasteiger partial charge in [0.25, 0.3) is 5.91 Å². The maximum Gasteiger partial charge on any atom is 0.272 e. The number of nitrogens with zero attached hydrogens (tertiary/aromatic N) is 2. The van der Waals surface area contributed by atoms with Crippen molar-refractivity contribution in [1.29, 1.82) is 0 Å². The van der Waals surface area contributed by atoms with Gasteiger partial charge in [0.15, 0.2) is 11.7 Å². The third-order valence-electron chi connectivity index (χ3n) is 4.02. The van der Waals surface area contributed by atoms with E-state index in [1.165, 1.54) is 4.88 Å². The molecule has 0 bridgehead atoms. The molecule has 0 aliphatic rings. The third kappa shape index (κ3) is 3.45. The van der Waals surface area contributed by atoms with Gasteiger partial charge in [-0.15, -0.1) is 11.3 Å². The summed E-state index contributed by atoms with van der Waals surface area (Å²) >= 11 is 1.68. The minimum atomic E-state index is -0.130. The summed E-state index contributed by atoms with van der Waals surface area (Å²) in [5, 5.41) is 4.98. The summed E-state index contributed by atoms with van der Waals surface area (Å²) in [4.78, 5) is 17.9. The molecule has 4 rings (SSSR count). The molecule has 0 saturated carbocycles. The fourth-order valence-corrected chi connectivity index (χ4v) is 3.44. The largest absolute Gasteiger partial charge is 0.441 e. The van der Waals surface area contributed by atoms with Crippen molar-refractivity contribution in [3.63, 3.8) is 0 Å². The quantitative estimate of drug-likeness (QED) is 0.553. The maximum atomic E-state index is 12.6. The molecular formula is C20H17N3O2S. The second-order valence-electron chi connectivity index (χ2n) is 5.88. The summed E-state index contributed by atoms with van der Waals surface area (Å²) < 4.78 is 7.47. The molecule has 0 radical (unpaired) electrons. The van der Waals surface area contributed by atoms with Gasteiger partial charge in [0.05, 0.1) is 12.7 Å². The van der Waals surface area contributed by atoms with E-state index in [-0.39, 0.29) is 5.91 Å². The van der Waals surface area contributed by atoms with E-state index < -0.39 is 0 Å². The molecule has 4 aromatic rings. The second-order valence-corrected chi connectivity index (χ2v) is 6.91. The van der Waals surface area contributed by atoms with E-state index in [1.807, 2.05) is 65.5 Å². The Morgan fingerprint density at radius 3 is 2.73 bits per heavy atom. The first-order valence-corrected chi connectivity index (χ1v) is 9.09. The standard InChI is InChI=1S/C20H17N3O2S/c1-14-21-12-19(25-14)15-6-8-16(9-7-15)22-20(24)18-5-2-10-23(18)13-17-4-3-11-26-17/h2-12H,13H2,1H3,(H,22,24). The van der Waals surface area contributed by atoms with Crippen molar-refractivity contribution in [1.82, 2.24) is 9.55 Å². The smallest absolute Gasteiger partial charge is 0.272 e. The number of carbonyl (C=O) groups is 1. The van der Waals surface area contributed by atoms with Crippen LogP contribution in [0.3, 0.4) is 0 Å². The lowest BCUT2D eigenvalue weighted by atomic mass is 10.1. The van der Waals surface area contributed by atoms with Gasteiger partial charge in [0.2, 0.25) is 0 Å². The molecule has 0 fully saturated rings. The normalized spacial score (nSPS) is 10.8. The number of hydrogen-bond acceptors (Lipinski definition) is 4. The average Bonchev–Trinajstić information content (AvgIpc) is 3.38. The fraction of sp³-hybridized carbons (Fsp3) is 0.100. The predicted molar refractivity (Wildman–Crippen MR) is 102 cm³/mol. The van der Waals surface area contributed by atoms with Crippen LogP contribution in [-0.4, -0.2) is 15.5 Å². The molecule has 0 saturated heterocycles. The van der Waals surface area contributed by atoms with E-state index in [2.05, 4.69) is 16.4 Å². The van der Waals surface area contributed by atoms with Gasteiger partial charge in [0, 0.05) is 29.2 Å². The Balaban J connectivity index is 1.48. The number of hydrogen-bond donors (Lipinski definition) is 1. The van der Waals surface area contributed by atoms with Gasteiger partial charge >= 0.3 is 0 Å². The molecule has 3 heterocycles. The lowest BCUT2D eigenvalue weighted by Gasteiger charge is -2.09. The summed E-state index contributed by atoms with van der Waals surface area (Å²) in [6.45, 7) is 2.50. The minimum Gasteiger partial charge on any atom is -0.441 e. The van der Waals surface area contributed by atoms with Gasteiger partial charge in [-0.05, 0) is 47.8 Å². The van der Waals surface area contributed by atoms with E-state index >= 15 is 0 Å². The molecule has 130 valence electrons. The predicted octanol–water partition coefficient (Wildman–Crippen LogP) is 4.81. The van der Waals surface area contributed by atoms with E-state index in [1.54, 1.807) is 17.5 Å². The summed E-state index contributed by atoms with van der Waals surface area (Å²) in [6.07, 6.45) is 3.62. The Kier molecular flexibility index (Phi) is 4.41. The molecule has 1 amide bonds. The zero-order valence-electron chi connectivity index (χ0n) is 14.2. The van der Waals surface area contributed by atoms with Crippen LogP contribution in [0.4, 0.5) is 5.69 Å². The lowest BCUT2D eigenvalue weighted by Crippen LogP contribution is -2.16. The van der Waals surface area contributed by atoms with E-state index in [4.69, 9.17) is 4.42 Å². The third-order valence-corrected chi connectivity index (χ3v) is 4.88. The minimum absolute atomic E-state index is 0.130. The molecule has 3 aromatic heterocycles. The highest BCUT2D eigenvalue weighted by molar-refractivity contribution is 7.09. The van der Waals surface area contributed by atoms with Crippen LogP contribution in [-0.2, 0) is 6.54 Å². The lowest BCUT2D eigenvalue weighted by molar-refractivity contribution is 0.101. The number of carbonyl (C=O) groups excluding carboxylic acids is 1. The number of rotatable bonds is 5. The van der Waals surface area contributed by atoms with Crippen molar-refractivity contribution in [3.8, 4) is 11.3 Å². The molecule has 0 unspecified atom stereocenters. The SMILES string of the molecule is Cc1ncc(-c2ccc(NC(=O)c3cccn3Cc3cccs3)cc2)o1. The highest BCUT2D eigenvalue weighted by Gasteiger charge is 2.12. The monoisotopic (exact) mass is 363 g/mol. The van der Waals surface area contributed by atoms with Gasteiger partial charge in [-0.25, -0.2) is 4.98 Å². The molecular weight excluding hydrogens is 346 g/mol. The number of thiophene rings is 1. The fourth-order valence-electron chi connectivity index (χ4n) is 2.74. The van der Waals surface area contributed by atoms with Crippen LogP contribution in [0.2, 0.25) is 0 Å². The van der Waals surface area contributed by atoms with Crippen LogP contribution >= 0.6 is 11.3 Å². The number of oxazole rings is 1. The van der Waals surface area contributed by atoms with Crippen LogP contribution < -0.4 is 5.32 Å². The number of aromatic nitrogens is 2. The van der Waals surface area contributed by atoms with E-state index in [9.17, 15) is 4.79 Å². The van der Waals surface area contributed by atoms with Gasteiger partial charge < -0.3 is 14.3 Å². The van der Waals surface area contributed by atoms with Crippen LogP contribution in [0.15, 0.2) is 70.7 Å². The maximum absolute atomic E-state index is 12.6. The number of aryl methyl sites for hydroxylation is 1. The van der Waals surface area contributed by atoms with Gasteiger partial charge in [-0.2, -0.15) is 0 Å². The van der Waals surface area contributed by atoms with E-state index in [0.717, 1.165) is 11.3 Å². The van der Waals surface area contributed by atoms with E-state index in [0.29, 0.717) is 23.9 Å². The Morgan fingerprint density at radius 2 is 2.04 bits per heavy atom. The van der Waals surface area contributed by atoms with Crippen LogP contribution in [0.25, 0.3) is 11.3 Å². The number of anilines is 1. The van der Waals surface area contributed by atoms with Crippen molar-refractivity contribution >= 4 is 22.9 Å². The van der Waals surface area contributed by atoms with Crippen molar-refractivity contribution in [2.24, 2.45) is 0 Å². The highest BCUT2D eigenvalue weighted by Crippen LogP contribution is 2.22. The number of nitrogens with one attached hydrogen (secondary N) is 1. The van der Waals surface area contributed by atoms with Crippen LogP contribution in [0, 0.1) is 6.92 Å².